The second-order valence-electron chi connectivity index (χ2n) is 7.23. The maximum absolute atomic E-state index is 4.67. The van der Waals surface area contributed by atoms with Gasteiger partial charge in [0.25, 0.3) is 0 Å². The minimum absolute atomic E-state index is 0.237. The summed E-state index contributed by atoms with van der Waals surface area (Å²) in [7, 11) is 0. The first-order chi connectivity index (χ1) is 9.43. The summed E-state index contributed by atoms with van der Waals surface area (Å²) in [6, 6.07) is 2.32. The van der Waals surface area contributed by atoms with Gasteiger partial charge in [0.2, 0.25) is 0 Å². The molecule has 1 heterocycles. The van der Waals surface area contributed by atoms with Crippen LogP contribution in [0.1, 0.15) is 58.8 Å². The summed E-state index contributed by atoms with van der Waals surface area (Å²) < 4.78 is 2.20. The zero-order valence-corrected chi connectivity index (χ0v) is 13.9. The molecule has 3 heteroatoms. The molecule has 3 nitrogen and oxygen atoms in total. The lowest BCUT2D eigenvalue weighted by Gasteiger charge is -2.38. The molecule has 1 fully saturated rings. The van der Waals surface area contributed by atoms with Crippen LogP contribution in [0.3, 0.4) is 0 Å². The Balaban J connectivity index is 1.91. The van der Waals surface area contributed by atoms with Gasteiger partial charge < -0.3 is 5.32 Å². The fourth-order valence-electron chi connectivity index (χ4n) is 3.01. The molecule has 1 aromatic rings. The van der Waals surface area contributed by atoms with E-state index in [9.17, 15) is 0 Å². The van der Waals surface area contributed by atoms with Crippen LogP contribution in [0, 0.1) is 11.8 Å². The second kappa shape index (κ2) is 6.30. The Kier molecular flexibility index (Phi) is 4.90. The summed E-state index contributed by atoms with van der Waals surface area (Å²) in [5, 5.41) is 8.33. The summed E-state index contributed by atoms with van der Waals surface area (Å²) in [4.78, 5) is 0. The van der Waals surface area contributed by atoms with Crippen LogP contribution >= 0.6 is 0 Å². The third-order valence-corrected chi connectivity index (χ3v) is 4.52. The Morgan fingerprint density at radius 1 is 1.25 bits per heavy atom. The molecule has 2 unspecified atom stereocenters. The predicted octanol–water partition coefficient (Wildman–Crippen LogP) is 3.42. The van der Waals surface area contributed by atoms with Crippen molar-refractivity contribution >= 4 is 0 Å². The standard InChI is InChI=1S/C17H31N3/c1-6-15-11-16(20(7-2)19-15)10-13-8-9-14(13)12-18-17(3,4)5/h11,13-14,18H,6-10,12H2,1-5H3. The molecule has 0 radical (unpaired) electrons. The first-order valence-corrected chi connectivity index (χ1v) is 8.23. The fourth-order valence-corrected chi connectivity index (χ4v) is 3.01. The Labute approximate surface area is 124 Å². The number of nitrogens with zero attached hydrogens (tertiary/aromatic N) is 2. The summed E-state index contributed by atoms with van der Waals surface area (Å²) in [6.45, 7) is 13.3. The van der Waals surface area contributed by atoms with Crippen LogP contribution in [0.25, 0.3) is 0 Å². The Morgan fingerprint density at radius 3 is 2.45 bits per heavy atom. The number of aryl methyl sites for hydroxylation is 2. The van der Waals surface area contributed by atoms with E-state index in [-0.39, 0.29) is 5.54 Å². The van der Waals surface area contributed by atoms with Crippen molar-refractivity contribution in [2.45, 2.75) is 72.4 Å². The van der Waals surface area contributed by atoms with Crippen LogP contribution in [0.4, 0.5) is 0 Å². The van der Waals surface area contributed by atoms with E-state index in [1.165, 1.54) is 30.7 Å². The van der Waals surface area contributed by atoms with Gasteiger partial charge in [-0.25, -0.2) is 0 Å². The molecule has 0 aliphatic heterocycles. The van der Waals surface area contributed by atoms with E-state index in [0.29, 0.717) is 0 Å². The Morgan fingerprint density at radius 2 is 1.95 bits per heavy atom. The van der Waals surface area contributed by atoms with Gasteiger partial charge in [0.15, 0.2) is 0 Å². The van der Waals surface area contributed by atoms with Crippen LogP contribution < -0.4 is 5.32 Å². The largest absolute Gasteiger partial charge is 0.312 e. The second-order valence-corrected chi connectivity index (χ2v) is 7.23. The molecule has 0 spiro atoms. The van der Waals surface area contributed by atoms with Crippen LogP contribution in [-0.4, -0.2) is 21.9 Å². The molecular formula is C17H31N3. The van der Waals surface area contributed by atoms with Crippen molar-refractivity contribution in [3.8, 4) is 0 Å². The molecule has 0 bridgehead atoms. The van der Waals surface area contributed by atoms with E-state index in [0.717, 1.165) is 31.3 Å². The first-order valence-electron chi connectivity index (χ1n) is 8.23. The van der Waals surface area contributed by atoms with Crippen LogP contribution in [0.15, 0.2) is 6.07 Å². The highest BCUT2D eigenvalue weighted by molar-refractivity contribution is 5.12. The van der Waals surface area contributed by atoms with Crippen LogP contribution in [0.5, 0.6) is 0 Å². The molecule has 0 aromatic carbocycles. The molecule has 1 aromatic heterocycles. The zero-order valence-electron chi connectivity index (χ0n) is 13.9. The zero-order chi connectivity index (χ0) is 14.8. The molecule has 114 valence electrons. The molecule has 2 atom stereocenters. The molecule has 0 amide bonds. The topological polar surface area (TPSA) is 29.9 Å². The van der Waals surface area contributed by atoms with Crippen molar-refractivity contribution in [3.05, 3.63) is 17.5 Å². The van der Waals surface area contributed by atoms with Crippen molar-refractivity contribution in [1.29, 1.82) is 0 Å². The van der Waals surface area contributed by atoms with Gasteiger partial charge in [-0.15, -0.1) is 0 Å². The third kappa shape index (κ3) is 3.85. The number of aromatic nitrogens is 2. The molecule has 2 rings (SSSR count). The SMILES string of the molecule is CCc1cc(CC2CCC2CNC(C)(C)C)n(CC)n1. The molecule has 20 heavy (non-hydrogen) atoms. The quantitative estimate of drug-likeness (QED) is 0.863. The minimum Gasteiger partial charge on any atom is -0.312 e. The van der Waals surface area contributed by atoms with Gasteiger partial charge in [-0.3, -0.25) is 4.68 Å². The predicted molar refractivity (Wildman–Crippen MR) is 85.0 cm³/mol. The normalized spacial score (nSPS) is 22.9. The van der Waals surface area contributed by atoms with Gasteiger partial charge in [-0.2, -0.15) is 5.10 Å². The fraction of sp³-hybridized carbons (Fsp3) is 0.824. The van der Waals surface area contributed by atoms with Crippen molar-refractivity contribution in [2.24, 2.45) is 11.8 Å². The number of nitrogens with one attached hydrogen (secondary N) is 1. The van der Waals surface area contributed by atoms with E-state index >= 15 is 0 Å². The summed E-state index contributed by atoms with van der Waals surface area (Å²) in [5.74, 6) is 1.69. The van der Waals surface area contributed by atoms with Crippen LogP contribution in [-0.2, 0) is 19.4 Å². The van der Waals surface area contributed by atoms with Gasteiger partial charge in [0.1, 0.15) is 0 Å². The minimum atomic E-state index is 0.237. The Bertz CT molecular complexity index is 428. The monoisotopic (exact) mass is 277 g/mol. The third-order valence-electron chi connectivity index (χ3n) is 4.52. The Hall–Kier alpha value is -0.830. The smallest absolute Gasteiger partial charge is 0.0624 e. The highest BCUT2D eigenvalue weighted by atomic mass is 15.3. The average Bonchev–Trinajstić information content (AvgIpc) is 2.75. The van der Waals surface area contributed by atoms with Gasteiger partial charge in [-0.05, 0) is 77.8 Å². The van der Waals surface area contributed by atoms with Crippen molar-refractivity contribution < 1.29 is 0 Å². The first kappa shape index (κ1) is 15.6. The highest BCUT2D eigenvalue weighted by Gasteiger charge is 2.32. The van der Waals surface area contributed by atoms with Crippen LogP contribution in [0.2, 0.25) is 0 Å². The van der Waals surface area contributed by atoms with Gasteiger partial charge >= 0.3 is 0 Å². The molecule has 1 N–H and O–H groups in total. The number of hydrogen-bond acceptors (Lipinski definition) is 2. The summed E-state index contributed by atoms with van der Waals surface area (Å²) >= 11 is 0. The van der Waals surface area contributed by atoms with E-state index < -0.39 is 0 Å². The lowest BCUT2D eigenvalue weighted by atomic mass is 9.71. The number of hydrogen-bond donors (Lipinski definition) is 1. The molecule has 1 saturated carbocycles. The van der Waals surface area contributed by atoms with E-state index in [2.05, 4.69) is 55.8 Å². The maximum Gasteiger partial charge on any atom is 0.0624 e. The highest BCUT2D eigenvalue weighted by Crippen LogP contribution is 2.36. The van der Waals surface area contributed by atoms with E-state index in [4.69, 9.17) is 0 Å². The molecule has 1 aliphatic rings. The average molecular weight is 277 g/mol. The van der Waals surface area contributed by atoms with Crippen molar-refractivity contribution in [3.63, 3.8) is 0 Å². The maximum atomic E-state index is 4.67. The molecular weight excluding hydrogens is 246 g/mol. The summed E-state index contributed by atoms with van der Waals surface area (Å²) in [5.41, 5.74) is 2.92. The summed E-state index contributed by atoms with van der Waals surface area (Å²) in [6.07, 6.45) is 5.01. The van der Waals surface area contributed by atoms with Gasteiger partial charge in [0, 0.05) is 17.8 Å². The number of rotatable bonds is 6. The van der Waals surface area contributed by atoms with E-state index in [1.807, 2.05) is 0 Å². The lowest BCUT2D eigenvalue weighted by Crippen LogP contribution is -2.44. The van der Waals surface area contributed by atoms with Crippen molar-refractivity contribution in [2.75, 3.05) is 6.54 Å². The van der Waals surface area contributed by atoms with Gasteiger partial charge in [0.05, 0.1) is 5.69 Å². The van der Waals surface area contributed by atoms with Gasteiger partial charge in [-0.1, -0.05) is 6.92 Å². The van der Waals surface area contributed by atoms with E-state index in [1.54, 1.807) is 0 Å². The molecule has 0 saturated heterocycles. The lowest BCUT2D eigenvalue weighted by molar-refractivity contribution is 0.157. The molecule has 1 aliphatic carbocycles. The van der Waals surface area contributed by atoms with Crippen molar-refractivity contribution in [1.82, 2.24) is 15.1 Å².